The van der Waals surface area contributed by atoms with Gasteiger partial charge in [0.2, 0.25) is 0 Å². The van der Waals surface area contributed by atoms with E-state index >= 15 is 0 Å². The zero-order valence-corrected chi connectivity index (χ0v) is 10.4. The Balaban J connectivity index is 2.67. The maximum absolute atomic E-state index is 13.7. The molecule has 4 nitrogen and oxygen atoms in total. The highest BCUT2D eigenvalue weighted by Gasteiger charge is 2.21. The van der Waals surface area contributed by atoms with Gasteiger partial charge in [-0.15, -0.1) is 0 Å². The number of furan rings is 1. The van der Waals surface area contributed by atoms with Gasteiger partial charge in [-0.3, -0.25) is 4.79 Å². The van der Waals surface area contributed by atoms with E-state index in [2.05, 4.69) is 15.9 Å². The molecule has 1 aromatic carbocycles. The van der Waals surface area contributed by atoms with Gasteiger partial charge in [-0.1, -0.05) is 0 Å². The first kappa shape index (κ1) is 12.5. The summed E-state index contributed by atoms with van der Waals surface area (Å²) in [6.45, 7) is 0. The average molecular weight is 313 g/mol. The van der Waals surface area contributed by atoms with Gasteiger partial charge >= 0.3 is 5.97 Å². The number of halogens is 2. The molecule has 1 heterocycles. The molecule has 92 valence electrons. The number of benzene rings is 1. The van der Waals surface area contributed by atoms with Gasteiger partial charge in [0.05, 0.1) is 4.47 Å². The zero-order valence-electron chi connectivity index (χ0n) is 8.81. The van der Waals surface area contributed by atoms with Crippen molar-refractivity contribution in [1.82, 2.24) is 0 Å². The van der Waals surface area contributed by atoms with Crippen LogP contribution in [0.4, 0.5) is 4.39 Å². The van der Waals surface area contributed by atoms with Crippen LogP contribution in [0.25, 0.3) is 11.3 Å². The van der Waals surface area contributed by atoms with Crippen LogP contribution in [0.5, 0.6) is 0 Å². The molecule has 0 spiro atoms. The first-order valence-electron chi connectivity index (χ1n) is 4.81. The Labute approximate surface area is 109 Å². The maximum Gasteiger partial charge on any atom is 0.339 e. The summed E-state index contributed by atoms with van der Waals surface area (Å²) in [6, 6.07) is 5.58. The minimum absolute atomic E-state index is 0.0460. The van der Waals surface area contributed by atoms with Crippen LogP contribution in [0.3, 0.4) is 0 Å². The van der Waals surface area contributed by atoms with Gasteiger partial charge in [-0.05, 0) is 40.2 Å². The van der Waals surface area contributed by atoms with E-state index in [1.165, 1.54) is 24.3 Å². The van der Waals surface area contributed by atoms with E-state index in [9.17, 15) is 14.0 Å². The average Bonchev–Trinajstić information content (AvgIpc) is 2.80. The first-order chi connectivity index (χ1) is 8.54. The summed E-state index contributed by atoms with van der Waals surface area (Å²) >= 11 is 2.91. The molecule has 0 bridgehead atoms. The van der Waals surface area contributed by atoms with Crippen LogP contribution < -0.4 is 0 Å². The molecule has 0 aliphatic heterocycles. The molecule has 0 aliphatic carbocycles. The van der Waals surface area contributed by atoms with E-state index in [1.54, 1.807) is 0 Å². The quantitative estimate of drug-likeness (QED) is 0.882. The third-order valence-electron chi connectivity index (χ3n) is 2.32. The van der Waals surface area contributed by atoms with Crippen LogP contribution in [-0.4, -0.2) is 17.4 Å². The normalized spacial score (nSPS) is 10.3. The van der Waals surface area contributed by atoms with Crippen LogP contribution >= 0.6 is 15.9 Å². The van der Waals surface area contributed by atoms with Crippen molar-refractivity contribution in [2.75, 3.05) is 0 Å². The summed E-state index contributed by atoms with van der Waals surface area (Å²) in [6.07, 6.45) is 0.485. The van der Waals surface area contributed by atoms with Crippen LogP contribution in [0.2, 0.25) is 0 Å². The molecule has 0 unspecified atom stereocenters. The second-order valence-electron chi connectivity index (χ2n) is 3.41. The molecule has 0 aliphatic rings. The molecule has 0 saturated carbocycles. The molecule has 1 N–H and O–H groups in total. The number of aromatic carboxylic acids is 1. The number of carbonyl (C=O) groups excluding carboxylic acids is 1. The Morgan fingerprint density at radius 1 is 1.33 bits per heavy atom. The van der Waals surface area contributed by atoms with Crippen LogP contribution in [0.1, 0.15) is 20.9 Å². The highest BCUT2D eigenvalue weighted by Crippen LogP contribution is 2.31. The first-order valence-corrected chi connectivity index (χ1v) is 5.60. The summed E-state index contributed by atoms with van der Waals surface area (Å²) in [5.41, 5.74) is -0.424. The third-order valence-corrected chi connectivity index (χ3v) is 2.93. The largest absolute Gasteiger partial charge is 0.478 e. The number of rotatable bonds is 3. The molecule has 0 fully saturated rings. The summed E-state index contributed by atoms with van der Waals surface area (Å²) < 4.78 is 18.9. The molecule has 6 heteroatoms. The second kappa shape index (κ2) is 4.73. The molecule has 18 heavy (non-hydrogen) atoms. The maximum atomic E-state index is 13.7. The Morgan fingerprint density at radius 2 is 2.06 bits per heavy atom. The highest BCUT2D eigenvalue weighted by atomic mass is 79.9. The lowest BCUT2D eigenvalue weighted by molar-refractivity contribution is 0.0692. The Morgan fingerprint density at radius 3 is 2.61 bits per heavy atom. The summed E-state index contributed by atoms with van der Waals surface area (Å²) in [5, 5.41) is 9.02. The van der Waals surface area contributed by atoms with Gasteiger partial charge in [0.1, 0.15) is 11.3 Å². The number of hydrogen-bond donors (Lipinski definition) is 1. The molecule has 0 radical (unpaired) electrons. The Kier molecular flexibility index (Phi) is 3.29. The standard InChI is InChI=1S/C12H6BrFO4/c13-8-3-2-7(10(11(8)14)12(16)17)9-4-1-6(5-15)18-9/h1-5H,(H,16,17). The van der Waals surface area contributed by atoms with Gasteiger partial charge in [-0.2, -0.15) is 0 Å². The van der Waals surface area contributed by atoms with Gasteiger partial charge in [0.25, 0.3) is 0 Å². The van der Waals surface area contributed by atoms with Crippen LogP contribution in [0, 0.1) is 5.82 Å². The van der Waals surface area contributed by atoms with Crippen molar-refractivity contribution in [3.05, 3.63) is 45.9 Å². The fourth-order valence-corrected chi connectivity index (χ4v) is 1.86. The van der Waals surface area contributed by atoms with E-state index in [0.717, 1.165) is 0 Å². The Hall–Kier alpha value is -1.95. The Bertz CT molecular complexity index is 633. The summed E-state index contributed by atoms with van der Waals surface area (Å²) in [7, 11) is 0. The van der Waals surface area contributed by atoms with Crippen molar-refractivity contribution in [3.63, 3.8) is 0 Å². The molecule has 0 amide bonds. The fraction of sp³-hybridized carbons (Fsp3) is 0. The van der Waals surface area contributed by atoms with E-state index in [4.69, 9.17) is 9.52 Å². The lowest BCUT2D eigenvalue weighted by Gasteiger charge is -2.05. The predicted molar refractivity (Wildman–Crippen MR) is 64.1 cm³/mol. The SMILES string of the molecule is O=Cc1ccc(-c2ccc(Br)c(F)c2C(=O)O)o1. The van der Waals surface area contributed by atoms with Crippen molar-refractivity contribution >= 4 is 28.2 Å². The minimum Gasteiger partial charge on any atom is -0.478 e. The fourth-order valence-electron chi connectivity index (χ4n) is 1.53. The third kappa shape index (κ3) is 2.06. The van der Waals surface area contributed by atoms with Crippen molar-refractivity contribution < 1.29 is 23.5 Å². The number of carbonyl (C=O) groups is 2. The van der Waals surface area contributed by atoms with E-state index in [-0.39, 0.29) is 21.6 Å². The van der Waals surface area contributed by atoms with Gasteiger partial charge in [0.15, 0.2) is 17.9 Å². The molecule has 0 atom stereocenters. The van der Waals surface area contributed by atoms with E-state index in [1.807, 2.05) is 0 Å². The molecule has 2 rings (SSSR count). The van der Waals surface area contributed by atoms with E-state index in [0.29, 0.717) is 6.29 Å². The number of carboxylic acid groups (broad SMARTS) is 1. The summed E-state index contributed by atoms with van der Waals surface area (Å²) in [5.74, 6) is -2.12. The number of hydrogen-bond acceptors (Lipinski definition) is 3. The number of carboxylic acids is 1. The van der Waals surface area contributed by atoms with Gasteiger partial charge < -0.3 is 9.52 Å². The van der Waals surface area contributed by atoms with Crippen molar-refractivity contribution in [1.29, 1.82) is 0 Å². The van der Waals surface area contributed by atoms with Crippen molar-refractivity contribution in [3.8, 4) is 11.3 Å². The van der Waals surface area contributed by atoms with Gasteiger partial charge in [0, 0.05) is 5.56 Å². The number of aldehydes is 1. The lowest BCUT2D eigenvalue weighted by Crippen LogP contribution is -2.04. The van der Waals surface area contributed by atoms with E-state index < -0.39 is 17.3 Å². The van der Waals surface area contributed by atoms with Crippen molar-refractivity contribution in [2.45, 2.75) is 0 Å². The monoisotopic (exact) mass is 312 g/mol. The smallest absolute Gasteiger partial charge is 0.339 e. The summed E-state index contributed by atoms with van der Waals surface area (Å²) in [4.78, 5) is 21.6. The second-order valence-corrected chi connectivity index (χ2v) is 4.26. The molecular formula is C12H6BrFO4. The van der Waals surface area contributed by atoms with Gasteiger partial charge in [-0.25, -0.2) is 9.18 Å². The molecule has 2 aromatic rings. The topological polar surface area (TPSA) is 67.5 Å². The molecule has 1 aromatic heterocycles. The lowest BCUT2D eigenvalue weighted by atomic mass is 10.0. The minimum atomic E-state index is -1.41. The zero-order chi connectivity index (χ0) is 13.3. The molecule has 0 saturated heterocycles. The van der Waals surface area contributed by atoms with Crippen LogP contribution in [0.15, 0.2) is 33.2 Å². The highest BCUT2D eigenvalue weighted by molar-refractivity contribution is 9.10. The van der Waals surface area contributed by atoms with Crippen LogP contribution in [-0.2, 0) is 0 Å². The van der Waals surface area contributed by atoms with Crippen molar-refractivity contribution in [2.24, 2.45) is 0 Å². The predicted octanol–water partition coefficient (Wildman–Crippen LogP) is 3.36. The molecular weight excluding hydrogens is 307 g/mol.